The van der Waals surface area contributed by atoms with Crippen molar-refractivity contribution < 1.29 is 89.0 Å². The summed E-state index contributed by atoms with van der Waals surface area (Å²) in [5, 5.41) is 109. The molecule has 4 aliphatic carbocycles. The molecule has 18 nitrogen and oxygen atoms in total. The maximum absolute atomic E-state index is 12.8. The number of fused-ring (bicyclic) bond motifs is 7. The SMILES string of the molecule is C[C@@H]1CC[C@@]2(OC1)OC1C[C@H]3[C@@H]4CC=C5C[C@@H](O[C@@H]6O[C@H](CO)[C@@H](O)[C@H](O[C@@H]7O[C@H](CO)[C@H](O)[C@H](O)[C@H]7O)[C@H]6O[C@@H]6O[C@@H](C)[C@H](O)[C@@H](O)[C@H]6O)CC[C@]5(C)[C@H]4CC[C@]3(C)[C@@]1(O)[C@@H]2C. The third-order valence-corrected chi connectivity index (χ3v) is 17.9. The molecule has 0 aromatic carbocycles. The molecule has 1 spiro atoms. The molecule has 63 heavy (non-hydrogen) atoms. The lowest BCUT2D eigenvalue weighted by Crippen LogP contribution is -2.67. The van der Waals surface area contributed by atoms with Gasteiger partial charge in [0.25, 0.3) is 0 Å². The van der Waals surface area contributed by atoms with Crippen molar-refractivity contribution >= 4 is 0 Å². The quantitative estimate of drug-likeness (QED) is 0.135. The number of aliphatic hydroxyl groups excluding tert-OH is 9. The molecule has 9 aliphatic rings. The zero-order valence-electron chi connectivity index (χ0n) is 37.0. The van der Waals surface area contributed by atoms with Crippen molar-refractivity contribution in [1.82, 2.24) is 0 Å². The zero-order chi connectivity index (χ0) is 45.1. The Hall–Kier alpha value is -0.980. The highest BCUT2D eigenvalue weighted by Crippen LogP contribution is 2.72. The fraction of sp³-hybridized carbons (Fsp3) is 0.956. The Morgan fingerprint density at radius 1 is 0.683 bits per heavy atom. The molecule has 360 valence electrons. The van der Waals surface area contributed by atoms with E-state index in [-0.39, 0.29) is 28.8 Å². The summed E-state index contributed by atoms with van der Waals surface area (Å²) in [6, 6.07) is 0. The van der Waals surface area contributed by atoms with Crippen LogP contribution in [-0.4, -0.2) is 187 Å². The van der Waals surface area contributed by atoms with Crippen LogP contribution in [0.5, 0.6) is 0 Å². The Bertz CT molecular complexity index is 1660. The zero-order valence-corrected chi connectivity index (χ0v) is 37.0. The van der Waals surface area contributed by atoms with Crippen molar-refractivity contribution in [3.05, 3.63) is 11.6 Å². The maximum atomic E-state index is 12.8. The van der Waals surface area contributed by atoms with Crippen LogP contribution in [0.4, 0.5) is 0 Å². The van der Waals surface area contributed by atoms with Crippen molar-refractivity contribution in [2.24, 2.45) is 40.4 Å². The van der Waals surface area contributed by atoms with E-state index in [0.717, 1.165) is 44.9 Å². The number of hydrogen-bond donors (Lipinski definition) is 10. The molecule has 5 saturated heterocycles. The van der Waals surface area contributed by atoms with Crippen molar-refractivity contribution in [2.45, 2.75) is 208 Å². The highest BCUT2D eigenvalue weighted by molar-refractivity contribution is 5.29. The molecule has 18 heteroatoms. The summed E-state index contributed by atoms with van der Waals surface area (Å²) >= 11 is 0. The smallest absolute Gasteiger partial charge is 0.187 e. The monoisotopic (exact) mass is 900 g/mol. The van der Waals surface area contributed by atoms with E-state index in [1.165, 1.54) is 12.5 Å². The van der Waals surface area contributed by atoms with Gasteiger partial charge in [0.05, 0.1) is 38.1 Å². The highest BCUT2D eigenvalue weighted by atomic mass is 16.8. The van der Waals surface area contributed by atoms with Crippen molar-refractivity contribution in [3.8, 4) is 0 Å². The van der Waals surface area contributed by atoms with Gasteiger partial charge in [-0.3, -0.25) is 0 Å². The molecule has 0 aromatic heterocycles. The lowest BCUT2D eigenvalue weighted by molar-refractivity contribution is -0.394. The second kappa shape index (κ2) is 17.2. The first kappa shape index (κ1) is 47.1. The Labute approximate surface area is 368 Å². The normalized spacial score (nSPS) is 58.1. The van der Waals surface area contributed by atoms with E-state index in [1.807, 2.05) is 0 Å². The minimum atomic E-state index is -1.86. The van der Waals surface area contributed by atoms with Crippen molar-refractivity contribution in [2.75, 3.05) is 19.8 Å². The molecule has 0 bridgehead atoms. The molecule has 0 amide bonds. The van der Waals surface area contributed by atoms with Crippen molar-refractivity contribution in [1.29, 1.82) is 0 Å². The average Bonchev–Trinajstić information content (AvgIpc) is 3.62. The number of ether oxygens (including phenoxy) is 8. The summed E-state index contributed by atoms with van der Waals surface area (Å²) in [7, 11) is 0. The Balaban J connectivity index is 0.948. The summed E-state index contributed by atoms with van der Waals surface area (Å²) in [5.74, 6) is 0.580. The van der Waals surface area contributed by atoms with Gasteiger partial charge in [0.1, 0.15) is 72.7 Å². The van der Waals surface area contributed by atoms with Crippen LogP contribution < -0.4 is 0 Å². The largest absolute Gasteiger partial charge is 0.394 e. The van der Waals surface area contributed by atoms with E-state index in [1.54, 1.807) is 0 Å². The summed E-state index contributed by atoms with van der Waals surface area (Å²) in [6.45, 7) is 9.64. The van der Waals surface area contributed by atoms with Crippen LogP contribution in [0.25, 0.3) is 0 Å². The van der Waals surface area contributed by atoms with E-state index >= 15 is 0 Å². The van der Waals surface area contributed by atoms with Crippen LogP contribution in [0.2, 0.25) is 0 Å². The summed E-state index contributed by atoms with van der Waals surface area (Å²) in [5.41, 5.74) is -0.202. The predicted molar refractivity (Wildman–Crippen MR) is 216 cm³/mol. The van der Waals surface area contributed by atoms with Gasteiger partial charge in [-0.1, -0.05) is 39.3 Å². The van der Waals surface area contributed by atoms with Crippen molar-refractivity contribution in [3.63, 3.8) is 0 Å². The molecule has 26 atom stereocenters. The lowest BCUT2D eigenvalue weighted by Gasteiger charge is -2.60. The molecular formula is C45H72O18. The topological polar surface area (TPSA) is 276 Å². The molecule has 8 fully saturated rings. The minimum Gasteiger partial charge on any atom is -0.394 e. The molecule has 0 radical (unpaired) electrons. The molecule has 1 unspecified atom stereocenters. The van der Waals surface area contributed by atoms with E-state index in [2.05, 4.69) is 33.8 Å². The van der Waals surface area contributed by atoms with Gasteiger partial charge in [0.2, 0.25) is 0 Å². The predicted octanol–water partition coefficient (Wildman–Crippen LogP) is -0.671. The standard InChI is InChI=1S/C45H72O18/c1-19-8-13-44(56-18-19)21(3)45(55)29(63-44)15-26-24-7-6-22-14-23(9-11-42(22,4)25(24)10-12-43(26,45)5)58-41-38(62-39-35(53)33(51)30(48)20(2)57-39)37(32(50)28(17-47)60-41)61-40-36(54)34(52)31(49)27(16-46)59-40/h6,19-21,23-41,46-55H,7-18H2,1-5H3/t19-,20+,21-,23+,24-,25+,26+,27-,28-,29?,30+,31+,32-,33-,34+,35-,36-,37+,38-,39+,40+,41-,42+,43+,44-,45-/m1/s1. The number of allylic oxidation sites excluding steroid dienone is 1. The third kappa shape index (κ3) is 7.35. The Morgan fingerprint density at radius 3 is 2.02 bits per heavy atom. The van der Waals surface area contributed by atoms with Gasteiger partial charge in [0.15, 0.2) is 24.7 Å². The first-order valence-electron chi connectivity index (χ1n) is 23.5. The second-order valence-corrected chi connectivity index (χ2v) is 21.2. The Morgan fingerprint density at radius 2 is 1.33 bits per heavy atom. The van der Waals surface area contributed by atoms with Crippen LogP contribution in [0, 0.1) is 40.4 Å². The average molecular weight is 901 g/mol. The third-order valence-electron chi connectivity index (χ3n) is 17.9. The number of hydrogen-bond acceptors (Lipinski definition) is 18. The summed E-state index contributed by atoms with van der Waals surface area (Å²) < 4.78 is 50.0. The molecule has 0 aromatic rings. The van der Waals surface area contributed by atoms with Gasteiger partial charge in [-0.15, -0.1) is 0 Å². The van der Waals surface area contributed by atoms with Crippen LogP contribution >= 0.6 is 0 Å². The van der Waals surface area contributed by atoms with E-state index in [0.29, 0.717) is 37.2 Å². The number of aliphatic hydroxyl groups is 10. The minimum absolute atomic E-state index is 0.143. The fourth-order valence-electron chi connectivity index (χ4n) is 13.9. The van der Waals surface area contributed by atoms with Gasteiger partial charge in [-0.25, -0.2) is 0 Å². The van der Waals surface area contributed by atoms with Gasteiger partial charge in [-0.05, 0) is 87.4 Å². The fourth-order valence-corrected chi connectivity index (χ4v) is 13.9. The lowest BCUT2D eigenvalue weighted by atomic mass is 9.46. The number of rotatable bonds is 8. The summed E-state index contributed by atoms with van der Waals surface area (Å²) in [4.78, 5) is 0. The second-order valence-electron chi connectivity index (χ2n) is 21.2. The Kier molecular flexibility index (Phi) is 12.9. The van der Waals surface area contributed by atoms with E-state index < -0.39 is 123 Å². The maximum Gasteiger partial charge on any atom is 0.187 e. The van der Waals surface area contributed by atoms with E-state index in [9.17, 15) is 51.1 Å². The van der Waals surface area contributed by atoms with Crippen LogP contribution in [0.1, 0.15) is 92.4 Å². The molecule has 3 saturated carbocycles. The van der Waals surface area contributed by atoms with Crippen LogP contribution in [-0.2, 0) is 37.9 Å². The molecule has 5 aliphatic heterocycles. The van der Waals surface area contributed by atoms with E-state index in [4.69, 9.17) is 37.9 Å². The van der Waals surface area contributed by atoms with Gasteiger partial charge < -0.3 is 89.0 Å². The summed E-state index contributed by atoms with van der Waals surface area (Å²) in [6.07, 6.45) is -14.6. The molecule has 9 rings (SSSR count). The van der Waals surface area contributed by atoms with Crippen LogP contribution in [0.3, 0.4) is 0 Å². The van der Waals surface area contributed by atoms with Gasteiger partial charge >= 0.3 is 0 Å². The van der Waals surface area contributed by atoms with Gasteiger partial charge in [-0.2, -0.15) is 0 Å². The molecule has 5 heterocycles. The van der Waals surface area contributed by atoms with Crippen LogP contribution in [0.15, 0.2) is 11.6 Å². The first-order chi connectivity index (χ1) is 29.8. The molecular weight excluding hydrogens is 828 g/mol. The first-order valence-corrected chi connectivity index (χ1v) is 23.5. The highest BCUT2D eigenvalue weighted by Gasteiger charge is 2.76. The molecule has 10 N–H and O–H groups in total. The van der Waals surface area contributed by atoms with Gasteiger partial charge in [0, 0.05) is 17.8 Å².